The lowest BCUT2D eigenvalue weighted by Crippen LogP contribution is -2.59. The van der Waals surface area contributed by atoms with E-state index in [1.807, 2.05) is 0 Å². The van der Waals surface area contributed by atoms with Gasteiger partial charge in [-0.05, 0) is 58.0 Å². The zero-order chi connectivity index (χ0) is 14.6. The predicted molar refractivity (Wildman–Crippen MR) is 80.9 cm³/mol. The minimum Gasteiger partial charge on any atom is -0.480 e. The van der Waals surface area contributed by atoms with E-state index in [0.717, 1.165) is 51.6 Å². The van der Waals surface area contributed by atoms with E-state index in [0.29, 0.717) is 12.1 Å². The van der Waals surface area contributed by atoms with Gasteiger partial charge in [-0.15, -0.1) is 0 Å². The molecule has 0 aromatic carbocycles. The third kappa shape index (κ3) is 3.73. The summed E-state index contributed by atoms with van der Waals surface area (Å²) in [6, 6.07) is 0.887. The van der Waals surface area contributed by atoms with Crippen LogP contribution in [0.5, 0.6) is 0 Å². The van der Waals surface area contributed by atoms with Crippen molar-refractivity contribution in [3.8, 4) is 0 Å². The van der Waals surface area contributed by atoms with E-state index < -0.39 is 11.5 Å². The van der Waals surface area contributed by atoms with Crippen LogP contribution in [0.3, 0.4) is 0 Å². The Morgan fingerprint density at radius 3 is 2.65 bits per heavy atom. The highest BCUT2D eigenvalue weighted by atomic mass is 16.4. The fraction of sp³-hybridized carbons (Fsp3) is 0.938. The van der Waals surface area contributed by atoms with Gasteiger partial charge in [0, 0.05) is 12.1 Å². The molecule has 0 aliphatic heterocycles. The van der Waals surface area contributed by atoms with Gasteiger partial charge in [0.05, 0.1) is 0 Å². The van der Waals surface area contributed by atoms with Gasteiger partial charge in [-0.25, -0.2) is 0 Å². The lowest BCUT2D eigenvalue weighted by atomic mass is 9.78. The van der Waals surface area contributed by atoms with Crippen LogP contribution in [0.15, 0.2) is 0 Å². The molecule has 2 atom stereocenters. The summed E-state index contributed by atoms with van der Waals surface area (Å²) in [5.41, 5.74) is -0.663. The quantitative estimate of drug-likeness (QED) is 0.718. The maximum atomic E-state index is 11.8. The zero-order valence-electron chi connectivity index (χ0n) is 13.0. The number of carbonyl (C=O) groups is 1. The van der Waals surface area contributed by atoms with Gasteiger partial charge >= 0.3 is 5.97 Å². The smallest absolute Gasteiger partial charge is 0.323 e. The van der Waals surface area contributed by atoms with Crippen LogP contribution in [0.25, 0.3) is 0 Å². The van der Waals surface area contributed by atoms with Crippen LogP contribution in [0.4, 0.5) is 0 Å². The second-order valence-corrected chi connectivity index (χ2v) is 6.54. The molecule has 2 saturated carbocycles. The average molecular weight is 282 g/mol. The molecule has 0 saturated heterocycles. The van der Waals surface area contributed by atoms with Crippen molar-refractivity contribution in [1.82, 2.24) is 10.2 Å². The molecule has 20 heavy (non-hydrogen) atoms. The molecular weight excluding hydrogens is 252 g/mol. The van der Waals surface area contributed by atoms with E-state index in [2.05, 4.69) is 24.1 Å². The minimum absolute atomic E-state index is 0.433. The second kappa shape index (κ2) is 6.90. The summed E-state index contributed by atoms with van der Waals surface area (Å²) in [5.74, 6) is -0.638. The van der Waals surface area contributed by atoms with Gasteiger partial charge in [-0.2, -0.15) is 0 Å². The Bertz CT molecular complexity index is 330. The number of aliphatic carboxylic acids is 1. The summed E-state index contributed by atoms with van der Waals surface area (Å²) in [6.45, 7) is 6.55. The van der Waals surface area contributed by atoms with E-state index in [-0.39, 0.29) is 0 Å². The molecule has 0 radical (unpaired) electrons. The number of hydrogen-bond acceptors (Lipinski definition) is 3. The third-order valence-corrected chi connectivity index (χ3v) is 4.91. The van der Waals surface area contributed by atoms with Crippen LogP contribution in [0.1, 0.15) is 65.2 Å². The summed E-state index contributed by atoms with van der Waals surface area (Å²) in [5, 5.41) is 13.2. The Morgan fingerprint density at radius 2 is 2.10 bits per heavy atom. The molecule has 0 spiro atoms. The van der Waals surface area contributed by atoms with Gasteiger partial charge < -0.3 is 10.0 Å². The number of unbranched alkanes of at least 4 members (excludes halogenated alkanes) is 1. The molecule has 0 heterocycles. The first kappa shape index (κ1) is 15.8. The normalized spacial score (nSPS) is 30.6. The molecule has 0 amide bonds. The van der Waals surface area contributed by atoms with Gasteiger partial charge in [0.15, 0.2) is 0 Å². The minimum atomic E-state index is -0.663. The van der Waals surface area contributed by atoms with E-state index in [1.165, 1.54) is 12.8 Å². The Balaban J connectivity index is 2.01. The van der Waals surface area contributed by atoms with Crippen molar-refractivity contribution in [2.75, 3.05) is 13.1 Å². The number of nitrogens with one attached hydrogen (secondary N) is 1. The van der Waals surface area contributed by atoms with Gasteiger partial charge in [0.2, 0.25) is 0 Å². The Labute approximate surface area is 122 Å². The molecule has 0 aromatic heterocycles. The molecule has 0 bridgehead atoms. The van der Waals surface area contributed by atoms with Crippen LogP contribution in [-0.4, -0.2) is 46.7 Å². The van der Waals surface area contributed by atoms with Crippen LogP contribution in [-0.2, 0) is 4.79 Å². The van der Waals surface area contributed by atoms with Crippen LogP contribution in [0.2, 0.25) is 0 Å². The molecule has 2 fully saturated rings. The first-order valence-electron chi connectivity index (χ1n) is 8.36. The average Bonchev–Trinajstić information content (AvgIpc) is 3.24. The highest BCUT2D eigenvalue weighted by molar-refractivity contribution is 5.79. The largest absolute Gasteiger partial charge is 0.480 e. The molecule has 2 N–H and O–H groups in total. The fourth-order valence-electron chi connectivity index (χ4n) is 3.52. The van der Waals surface area contributed by atoms with Gasteiger partial charge in [0.25, 0.3) is 0 Å². The number of carboxylic acids is 1. The maximum absolute atomic E-state index is 11.8. The molecule has 2 aliphatic rings. The SMILES string of the molecule is CCCCN(CC)C1CCCC(NC2CC2)(C(=O)O)C1. The van der Waals surface area contributed by atoms with Gasteiger partial charge in [-0.1, -0.05) is 20.3 Å². The highest BCUT2D eigenvalue weighted by Crippen LogP contribution is 2.35. The molecule has 4 nitrogen and oxygen atoms in total. The van der Waals surface area contributed by atoms with E-state index in [9.17, 15) is 9.90 Å². The van der Waals surface area contributed by atoms with Crippen molar-refractivity contribution in [3.05, 3.63) is 0 Å². The molecular formula is C16H30N2O2. The molecule has 4 heteroatoms. The highest BCUT2D eigenvalue weighted by Gasteiger charge is 2.46. The first-order valence-corrected chi connectivity index (χ1v) is 8.36. The second-order valence-electron chi connectivity index (χ2n) is 6.54. The number of rotatable bonds is 8. The Morgan fingerprint density at radius 1 is 1.35 bits per heavy atom. The summed E-state index contributed by atoms with van der Waals surface area (Å²) >= 11 is 0. The van der Waals surface area contributed by atoms with E-state index >= 15 is 0 Å². The summed E-state index contributed by atoms with van der Waals surface area (Å²) in [7, 11) is 0. The van der Waals surface area contributed by atoms with Crippen LogP contribution < -0.4 is 5.32 Å². The van der Waals surface area contributed by atoms with Crippen molar-refractivity contribution in [3.63, 3.8) is 0 Å². The third-order valence-electron chi connectivity index (χ3n) is 4.91. The standard InChI is InChI=1S/C16H30N2O2/c1-3-5-11-18(4-2)14-7-6-10-16(12-14,15(19)20)17-13-8-9-13/h13-14,17H,3-12H2,1-2H3,(H,19,20). The Hall–Kier alpha value is -0.610. The zero-order valence-corrected chi connectivity index (χ0v) is 13.0. The number of hydrogen-bond donors (Lipinski definition) is 2. The maximum Gasteiger partial charge on any atom is 0.323 e. The lowest BCUT2D eigenvalue weighted by Gasteiger charge is -2.43. The van der Waals surface area contributed by atoms with Crippen molar-refractivity contribution in [2.45, 2.75) is 82.8 Å². The van der Waals surface area contributed by atoms with Gasteiger partial charge in [-0.3, -0.25) is 10.1 Å². The molecule has 2 rings (SSSR count). The topological polar surface area (TPSA) is 52.6 Å². The van der Waals surface area contributed by atoms with Crippen molar-refractivity contribution < 1.29 is 9.90 Å². The van der Waals surface area contributed by atoms with Crippen LogP contribution in [0, 0.1) is 0 Å². The monoisotopic (exact) mass is 282 g/mol. The number of nitrogens with zero attached hydrogens (tertiary/aromatic N) is 1. The van der Waals surface area contributed by atoms with Crippen molar-refractivity contribution >= 4 is 5.97 Å². The van der Waals surface area contributed by atoms with Crippen LogP contribution >= 0.6 is 0 Å². The summed E-state index contributed by atoms with van der Waals surface area (Å²) in [6.07, 6.45) is 8.45. The first-order chi connectivity index (χ1) is 9.61. The molecule has 116 valence electrons. The lowest BCUT2D eigenvalue weighted by molar-refractivity contribution is -0.147. The number of carboxylic acid groups (broad SMARTS) is 1. The molecule has 2 aliphatic carbocycles. The van der Waals surface area contributed by atoms with Crippen molar-refractivity contribution in [1.29, 1.82) is 0 Å². The van der Waals surface area contributed by atoms with Gasteiger partial charge in [0.1, 0.15) is 5.54 Å². The summed E-state index contributed by atoms with van der Waals surface area (Å²) < 4.78 is 0. The predicted octanol–water partition coefficient (Wildman–Crippen LogP) is 2.63. The molecule has 0 aromatic rings. The van der Waals surface area contributed by atoms with Crippen molar-refractivity contribution in [2.24, 2.45) is 0 Å². The fourth-order valence-corrected chi connectivity index (χ4v) is 3.52. The van der Waals surface area contributed by atoms with E-state index in [4.69, 9.17) is 0 Å². The molecule has 2 unspecified atom stereocenters. The van der Waals surface area contributed by atoms with E-state index in [1.54, 1.807) is 0 Å². The Kier molecular flexibility index (Phi) is 5.44. The summed E-state index contributed by atoms with van der Waals surface area (Å²) in [4.78, 5) is 14.3.